The van der Waals surface area contributed by atoms with Crippen molar-refractivity contribution in [3.63, 3.8) is 0 Å². The molecule has 3 aromatic rings. The Morgan fingerprint density at radius 2 is 2.09 bits per heavy atom. The molecule has 1 atom stereocenters. The average Bonchev–Trinajstić information content (AvgIpc) is 3.47. The lowest BCUT2D eigenvalue weighted by Gasteiger charge is -2.35. The molecule has 0 radical (unpaired) electrons. The minimum atomic E-state index is -0.535. The summed E-state index contributed by atoms with van der Waals surface area (Å²) in [6.45, 7) is 4.68. The third-order valence-corrected chi connectivity index (χ3v) is 6.84. The smallest absolute Gasteiger partial charge is 0.222 e. The number of H-pyrrole nitrogens is 1. The highest BCUT2D eigenvalue weighted by atomic mass is 16.6. The summed E-state index contributed by atoms with van der Waals surface area (Å²) in [4.78, 5) is 24.3. The summed E-state index contributed by atoms with van der Waals surface area (Å²) in [5, 5.41) is 3.69. The van der Waals surface area contributed by atoms with Gasteiger partial charge in [-0.3, -0.25) is 4.79 Å². The number of fused-ring (bicyclic) bond motifs is 3. The number of hydrogen-bond acceptors (Lipinski definition) is 7. The van der Waals surface area contributed by atoms with E-state index in [9.17, 15) is 4.79 Å². The molecule has 1 spiro atoms. The Morgan fingerprint density at radius 3 is 2.88 bits per heavy atom. The van der Waals surface area contributed by atoms with Gasteiger partial charge >= 0.3 is 0 Å². The first-order chi connectivity index (χ1) is 16.6. The largest absolute Gasteiger partial charge is 0.490 e. The lowest BCUT2D eigenvalue weighted by atomic mass is 9.89. The van der Waals surface area contributed by atoms with Gasteiger partial charge in [0.05, 0.1) is 49.5 Å². The van der Waals surface area contributed by atoms with E-state index in [1.165, 1.54) is 6.92 Å². The van der Waals surface area contributed by atoms with E-state index in [1.807, 2.05) is 18.3 Å². The summed E-state index contributed by atoms with van der Waals surface area (Å²) >= 11 is 0. The summed E-state index contributed by atoms with van der Waals surface area (Å²) in [5.41, 5.74) is 4.08. The summed E-state index contributed by atoms with van der Waals surface area (Å²) in [7, 11) is 0. The van der Waals surface area contributed by atoms with Gasteiger partial charge in [0, 0.05) is 68.0 Å². The van der Waals surface area contributed by atoms with Crippen molar-refractivity contribution >= 4 is 22.6 Å². The number of hydrogen-bond donors (Lipinski definition) is 2. The summed E-state index contributed by atoms with van der Waals surface area (Å²) < 4.78 is 24.2. The van der Waals surface area contributed by atoms with E-state index in [1.54, 1.807) is 6.20 Å². The van der Waals surface area contributed by atoms with Crippen LogP contribution in [0.25, 0.3) is 22.2 Å². The lowest BCUT2D eigenvalue weighted by molar-refractivity contribution is -0.114. The lowest BCUT2D eigenvalue weighted by Crippen LogP contribution is -2.38. The van der Waals surface area contributed by atoms with Gasteiger partial charge in [-0.1, -0.05) is 0 Å². The number of rotatable bonds is 4. The highest BCUT2D eigenvalue weighted by molar-refractivity contribution is 5.97. The molecule has 1 amide bonds. The normalized spacial score (nSPS) is 22.7. The Kier molecular flexibility index (Phi) is 5.47. The second kappa shape index (κ2) is 8.65. The molecule has 9 heteroatoms. The molecule has 0 bridgehead atoms. The van der Waals surface area contributed by atoms with Gasteiger partial charge in [-0.2, -0.15) is 0 Å². The highest BCUT2D eigenvalue weighted by Gasteiger charge is 2.44. The zero-order valence-electron chi connectivity index (χ0n) is 19.2. The fourth-order valence-corrected chi connectivity index (χ4v) is 5.13. The molecule has 0 aromatic carbocycles. The first-order valence-electron chi connectivity index (χ1n) is 11.9. The SMILES string of the molecule is CC(=O)Nc1cc2c(-c3cc(OC4CCOCC4)c4c(n3)C3(CCOC3)OCC4)c[nH]c2cn1. The maximum atomic E-state index is 11.6. The molecule has 0 saturated carbocycles. The van der Waals surface area contributed by atoms with Crippen molar-refractivity contribution in [1.29, 1.82) is 0 Å². The number of amides is 1. The molecule has 178 valence electrons. The number of pyridine rings is 2. The minimum Gasteiger partial charge on any atom is -0.490 e. The van der Waals surface area contributed by atoms with E-state index >= 15 is 0 Å². The van der Waals surface area contributed by atoms with Crippen molar-refractivity contribution in [3.8, 4) is 17.0 Å². The highest BCUT2D eigenvalue weighted by Crippen LogP contribution is 2.44. The number of nitrogens with one attached hydrogen (secondary N) is 2. The Hall–Kier alpha value is -3.01. The van der Waals surface area contributed by atoms with Gasteiger partial charge < -0.3 is 29.2 Å². The number of ether oxygens (including phenoxy) is 4. The second-order valence-corrected chi connectivity index (χ2v) is 9.16. The van der Waals surface area contributed by atoms with Crippen molar-refractivity contribution in [2.45, 2.75) is 44.3 Å². The fourth-order valence-electron chi connectivity index (χ4n) is 5.13. The van der Waals surface area contributed by atoms with Crippen LogP contribution in [-0.2, 0) is 31.0 Å². The van der Waals surface area contributed by atoms with Crippen LogP contribution < -0.4 is 10.1 Å². The fraction of sp³-hybridized carbons (Fsp3) is 0.480. The van der Waals surface area contributed by atoms with E-state index in [2.05, 4.69) is 15.3 Å². The van der Waals surface area contributed by atoms with Crippen LogP contribution in [0.15, 0.2) is 24.5 Å². The van der Waals surface area contributed by atoms with Crippen LogP contribution in [0.1, 0.15) is 37.4 Å². The molecular weight excluding hydrogens is 436 g/mol. The maximum Gasteiger partial charge on any atom is 0.222 e. The quantitative estimate of drug-likeness (QED) is 0.610. The first-order valence-corrected chi connectivity index (χ1v) is 11.9. The Bertz CT molecular complexity index is 1230. The number of anilines is 1. The van der Waals surface area contributed by atoms with Gasteiger partial charge in [-0.15, -0.1) is 0 Å². The van der Waals surface area contributed by atoms with E-state index in [4.69, 9.17) is 23.9 Å². The Balaban J connectivity index is 1.48. The zero-order valence-corrected chi connectivity index (χ0v) is 19.2. The van der Waals surface area contributed by atoms with Gasteiger partial charge in [0.1, 0.15) is 23.3 Å². The molecule has 2 fully saturated rings. The van der Waals surface area contributed by atoms with Crippen molar-refractivity contribution in [1.82, 2.24) is 15.0 Å². The molecule has 3 aliphatic heterocycles. The van der Waals surface area contributed by atoms with Crippen LogP contribution in [0.2, 0.25) is 0 Å². The van der Waals surface area contributed by atoms with Crippen molar-refractivity contribution < 1.29 is 23.7 Å². The van der Waals surface area contributed by atoms with E-state index in [-0.39, 0.29) is 12.0 Å². The van der Waals surface area contributed by atoms with Gasteiger partial charge in [0.25, 0.3) is 0 Å². The molecule has 2 saturated heterocycles. The van der Waals surface area contributed by atoms with Crippen LogP contribution in [0.3, 0.4) is 0 Å². The molecule has 3 aliphatic rings. The van der Waals surface area contributed by atoms with Gasteiger partial charge in [-0.25, -0.2) is 9.97 Å². The van der Waals surface area contributed by atoms with E-state index in [0.29, 0.717) is 38.9 Å². The molecule has 3 aromatic heterocycles. The van der Waals surface area contributed by atoms with E-state index in [0.717, 1.165) is 64.9 Å². The third-order valence-electron chi connectivity index (χ3n) is 6.84. The molecular formula is C25H28N4O5. The van der Waals surface area contributed by atoms with Crippen LogP contribution >= 0.6 is 0 Å². The predicted molar refractivity (Wildman–Crippen MR) is 125 cm³/mol. The summed E-state index contributed by atoms with van der Waals surface area (Å²) in [5.74, 6) is 1.21. The molecule has 6 rings (SSSR count). The number of nitrogens with zero attached hydrogens (tertiary/aromatic N) is 2. The molecule has 1 unspecified atom stereocenters. The van der Waals surface area contributed by atoms with Crippen molar-refractivity contribution in [3.05, 3.63) is 35.8 Å². The molecule has 2 N–H and O–H groups in total. The number of aromatic amines is 1. The maximum absolute atomic E-state index is 11.6. The second-order valence-electron chi connectivity index (χ2n) is 9.16. The predicted octanol–water partition coefficient (Wildman–Crippen LogP) is 3.33. The Labute approximate surface area is 197 Å². The van der Waals surface area contributed by atoms with Crippen LogP contribution in [0.5, 0.6) is 5.75 Å². The van der Waals surface area contributed by atoms with Crippen LogP contribution in [0.4, 0.5) is 5.82 Å². The average molecular weight is 465 g/mol. The van der Waals surface area contributed by atoms with Crippen LogP contribution in [-0.4, -0.2) is 60.0 Å². The summed E-state index contributed by atoms with van der Waals surface area (Å²) in [6, 6.07) is 3.91. The van der Waals surface area contributed by atoms with Crippen LogP contribution in [0, 0.1) is 0 Å². The molecule has 34 heavy (non-hydrogen) atoms. The molecule has 6 heterocycles. The standard InChI is InChI=1S/C25H28N4O5/c1-15(30)28-23-10-18-19(12-26-21(18)13-27-23)20-11-22(34-16-2-6-31-7-3-16)17-4-8-33-25(24(17)29-20)5-9-32-14-25/h10-13,16,26H,2-9,14H2,1H3,(H,27,28,30). The summed E-state index contributed by atoms with van der Waals surface area (Å²) in [6.07, 6.45) is 7.04. The number of carbonyl (C=O) groups excluding carboxylic acids is 1. The third kappa shape index (κ3) is 3.83. The monoisotopic (exact) mass is 464 g/mol. The van der Waals surface area contributed by atoms with Crippen molar-refractivity contribution in [2.24, 2.45) is 0 Å². The van der Waals surface area contributed by atoms with Gasteiger partial charge in [0.2, 0.25) is 5.91 Å². The molecule has 0 aliphatic carbocycles. The first kappa shape index (κ1) is 21.5. The number of aromatic nitrogens is 3. The topological polar surface area (TPSA) is 108 Å². The van der Waals surface area contributed by atoms with Gasteiger partial charge in [0.15, 0.2) is 0 Å². The van der Waals surface area contributed by atoms with Gasteiger partial charge in [-0.05, 0) is 6.07 Å². The number of carbonyl (C=O) groups is 1. The Morgan fingerprint density at radius 1 is 1.21 bits per heavy atom. The molecule has 9 nitrogen and oxygen atoms in total. The van der Waals surface area contributed by atoms with E-state index < -0.39 is 5.60 Å². The van der Waals surface area contributed by atoms with Crippen molar-refractivity contribution in [2.75, 3.05) is 38.4 Å². The zero-order chi connectivity index (χ0) is 23.1. The minimum absolute atomic E-state index is 0.116.